The molecule has 10 heteroatoms. The van der Waals surface area contributed by atoms with Crippen molar-refractivity contribution in [1.29, 1.82) is 0 Å². The molecule has 0 aliphatic rings. The quantitative estimate of drug-likeness (QED) is 0.452. The van der Waals surface area contributed by atoms with Gasteiger partial charge in [0.2, 0.25) is 11.8 Å². The minimum atomic E-state index is -0.111. The van der Waals surface area contributed by atoms with E-state index in [0.29, 0.717) is 35.4 Å². The molecule has 4 aromatic rings. The first-order valence-electron chi connectivity index (χ1n) is 10.1. The molecule has 1 amide bonds. The molecule has 32 heavy (non-hydrogen) atoms. The third-order valence-electron chi connectivity index (χ3n) is 5.46. The van der Waals surface area contributed by atoms with Crippen LogP contribution in [0.2, 0.25) is 0 Å². The van der Waals surface area contributed by atoms with Crippen LogP contribution in [-0.2, 0) is 18.3 Å². The third-order valence-corrected chi connectivity index (χ3v) is 6.39. The molecule has 0 fully saturated rings. The van der Waals surface area contributed by atoms with Crippen LogP contribution in [0.25, 0.3) is 21.3 Å². The molecule has 0 radical (unpaired) electrons. The Kier molecular flexibility index (Phi) is 5.88. The summed E-state index contributed by atoms with van der Waals surface area (Å²) >= 11 is 1.39. The second-order valence-electron chi connectivity index (χ2n) is 7.37. The second kappa shape index (κ2) is 8.62. The lowest BCUT2D eigenvalue weighted by Gasteiger charge is -2.11. The molecule has 9 nitrogen and oxygen atoms in total. The van der Waals surface area contributed by atoms with Crippen molar-refractivity contribution >= 4 is 43.6 Å². The highest BCUT2D eigenvalue weighted by molar-refractivity contribution is 7.22. The molecule has 3 heterocycles. The molecule has 0 unspecified atom stereocenters. The average Bonchev–Trinajstić information content (AvgIpc) is 3.31. The topological polar surface area (TPSA) is 100 Å². The maximum absolute atomic E-state index is 12.7. The predicted molar refractivity (Wildman–Crippen MR) is 124 cm³/mol. The van der Waals surface area contributed by atoms with Crippen molar-refractivity contribution in [2.75, 3.05) is 26.6 Å². The van der Waals surface area contributed by atoms with Crippen LogP contribution in [0.15, 0.2) is 12.1 Å². The molecule has 0 atom stereocenters. The lowest BCUT2D eigenvalue weighted by atomic mass is 10.00. The van der Waals surface area contributed by atoms with E-state index in [1.54, 1.807) is 32.1 Å². The van der Waals surface area contributed by atoms with Gasteiger partial charge in [0.25, 0.3) is 0 Å². The molecule has 168 valence electrons. The number of nitrogens with zero attached hydrogens (tertiary/aromatic N) is 4. The van der Waals surface area contributed by atoms with Crippen LogP contribution in [0.3, 0.4) is 0 Å². The van der Waals surface area contributed by atoms with E-state index in [1.807, 2.05) is 27.0 Å². The van der Waals surface area contributed by atoms with E-state index in [4.69, 9.17) is 14.2 Å². The van der Waals surface area contributed by atoms with Gasteiger partial charge < -0.3 is 19.5 Å². The van der Waals surface area contributed by atoms with Gasteiger partial charge in [0.1, 0.15) is 0 Å². The fourth-order valence-electron chi connectivity index (χ4n) is 3.84. The number of amides is 1. The Labute approximate surface area is 189 Å². The zero-order valence-electron chi connectivity index (χ0n) is 18.9. The lowest BCUT2D eigenvalue weighted by Crippen LogP contribution is -2.13. The lowest BCUT2D eigenvalue weighted by molar-refractivity contribution is -0.116. The number of thiazole rings is 1. The highest BCUT2D eigenvalue weighted by Crippen LogP contribution is 2.36. The van der Waals surface area contributed by atoms with Crippen LogP contribution < -0.4 is 19.5 Å². The van der Waals surface area contributed by atoms with Gasteiger partial charge >= 0.3 is 0 Å². The molecule has 0 spiro atoms. The molecule has 3 aromatic heterocycles. The van der Waals surface area contributed by atoms with E-state index >= 15 is 0 Å². The van der Waals surface area contributed by atoms with Crippen molar-refractivity contribution in [3.63, 3.8) is 0 Å². The van der Waals surface area contributed by atoms with Gasteiger partial charge in [-0.1, -0.05) is 11.3 Å². The molecule has 0 saturated heterocycles. The van der Waals surface area contributed by atoms with Gasteiger partial charge in [0, 0.05) is 31.3 Å². The Balaban J connectivity index is 1.52. The monoisotopic (exact) mass is 455 g/mol. The number of nitrogens with one attached hydrogen (secondary N) is 1. The molecule has 1 N–H and O–H groups in total. The average molecular weight is 456 g/mol. The Bertz CT molecular complexity index is 1290. The minimum Gasteiger partial charge on any atom is -0.493 e. The van der Waals surface area contributed by atoms with Gasteiger partial charge in [-0.2, -0.15) is 0 Å². The molecule has 1 aromatic carbocycles. The highest BCUT2D eigenvalue weighted by atomic mass is 32.1. The van der Waals surface area contributed by atoms with Crippen molar-refractivity contribution < 1.29 is 19.0 Å². The van der Waals surface area contributed by atoms with Crippen LogP contribution in [0.5, 0.6) is 17.4 Å². The summed E-state index contributed by atoms with van der Waals surface area (Å²) in [4.78, 5) is 21.9. The number of aryl methyl sites for hydroxylation is 3. The summed E-state index contributed by atoms with van der Waals surface area (Å²) in [5.41, 5.74) is 4.45. The second-order valence-corrected chi connectivity index (χ2v) is 8.41. The van der Waals surface area contributed by atoms with Crippen LogP contribution in [0.1, 0.15) is 23.2 Å². The summed E-state index contributed by atoms with van der Waals surface area (Å²) in [6, 6.07) is 3.66. The van der Waals surface area contributed by atoms with Crippen molar-refractivity contribution in [1.82, 2.24) is 19.7 Å². The Morgan fingerprint density at radius 1 is 1.09 bits per heavy atom. The van der Waals surface area contributed by atoms with Gasteiger partial charge in [-0.15, -0.1) is 5.10 Å². The summed E-state index contributed by atoms with van der Waals surface area (Å²) in [6.07, 6.45) is 0.858. The minimum absolute atomic E-state index is 0.111. The van der Waals surface area contributed by atoms with E-state index in [1.165, 1.54) is 11.3 Å². The number of fused-ring (bicyclic) bond motifs is 2. The van der Waals surface area contributed by atoms with E-state index in [2.05, 4.69) is 20.4 Å². The van der Waals surface area contributed by atoms with Crippen LogP contribution in [-0.4, -0.2) is 47.0 Å². The van der Waals surface area contributed by atoms with Crippen molar-refractivity contribution in [2.45, 2.75) is 26.7 Å². The summed E-state index contributed by atoms with van der Waals surface area (Å²) < 4.78 is 18.7. The van der Waals surface area contributed by atoms with E-state index in [0.717, 1.165) is 38.1 Å². The number of benzene rings is 1. The zero-order valence-corrected chi connectivity index (χ0v) is 19.7. The van der Waals surface area contributed by atoms with E-state index in [9.17, 15) is 4.79 Å². The summed E-state index contributed by atoms with van der Waals surface area (Å²) in [5, 5.41) is 8.70. The standard InChI is InChI=1S/C22H25N5O4S/c1-11-13(12(2)23-20-19(11)21(31-6)26-27(20)3)7-8-18(28)25-22-24-14-9-15(29-4)16(30-5)10-17(14)32-22/h9-10H,7-8H2,1-6H3,(H,24,25,28). The van der Waals surface area contributed by atoms with Gasteiger partial charge in [0.15, 0.2) is 22.3 Å². The van der Waals surface area contributed by atoms with Gasteiger partial charge in [-0.25, -0.2) is 14.6 Å². The molecular formula is C22H25N5O4S. The largest absolute Gasteiger partial charge is 0.493 e. The molecule has 0 saturated carbocycles. The van der Waals surface area contributed by atoms with Crippen LogP contribution >= 0.6 is 11.3 Å². The third kappa shape index (κ3) is 3.81. The number of carbonyl (C=O) groups is 1. The van der Waals surface area contributed by atoms with Crippen LogP contribution in [0, 0.1) is 13.8 Å². The smallest absolute Gasteiger partial charge is 0.242 e. The Hall–Kier alpha value is -3.40. The van der Waals surface area contributed by atoms with E-state index < -0.39 is 0 Å². The Morgan fingerprint density at radius 2 is 1.81 bits per heavy atom. The van der Waals surface area contributed by atoms with Crippen molar-refractivity contribution in [3.8, 4) is 17.4 Å². The number of hydrogen-bond acceptors (Lipinski definition) is 8. The van der Waals surface area contributed by atoms with Gasteiger partial charge in [-0.05, 0) is 31.4 Å². The first-order valence-corrected chi connectivity index (χ1v) is 10.9. The molecule has 0 aliphatic heterocycles. The van der Waals surface area contributed by atoms with Crippen molar-refractivity contribution in [3.05, 3.63) is 29.0 Å². The maximum Gasteiger partial charge on any atom is 0.242 e. The highest BCUT2D eigenvalue weighted by Gasteiger charge is 2.19. The molecule has 0 bridgehead atoms. The molecule has 0 aliphatic carbocycles. The maximum atomic E-state index is 12.7. The van der Waals surface area contributed by atoms with Crippen molar-refractivity contribution in [2.24, 2.45) is 7.05 Å². The fraction of sp³-hybridized carbons (Fsp3) is 0.364. The first kappa shape index (κ1) is 21.8. The number of aromatic nitrogens is 4. The molecule has 4 rings (SSSR count). The number of carbonyl (C=O) groups excluding carboxylic acids is 1. The number of methoxy groups -OCH3 is 3. The number of anilines is 1. The van der Waals surface area contributed by atoms with Crippen LogP contribution in [0.4, 0.5) is 5.13 Å². The summed E-state index contributed by atoms with van der Waals surface area (Å²) in [5.74, 6) is 1.66. The summed E-state index contributed by atoms with van der Waals surface area (Å²) in [7, 11) is 6.60. The number of rotatable bonds is 7. The number of ether oxygens (including phenoxy) is 3. The number of pyridine rings is 1. The van der Waals surface area contributed by atoms with E-state index in [-0.39, 0.29) is 5.91 Å². The first-order chi connectivity index (χ1) is 15.4. The van der Waals surface area contributed by atoms with Gasteiger partial charge in [-0.3, -0.25) is 4.79 Å². The number of hydrogen-bond donors (Lipinski definition) is 1. The fourth-order valence-corrected chi connectivity index (χ4v) is 4.73. The van der Waals surface area contributed by atoms with Gasteiger partial charge in [0.05, 0.1) is 36.9 Å². The Morgan fingerprint density at radius 3 is 2.50 bits per heavy atom. The molecular weight excluding hydrogens is 430 g/mol. The summed E-state index contributed by atoms with van der Waals surface area (Å²) in [6.45, 7) is 3.97. The normalized spacial score (nSPS) is 11.2. The zero-order chi connectivity index (χ0) is 23.0. The SMILES string of the molecule is COc1cc2nc(NC(=O)CCc3c(C)nc4c(c(OC)nn4C)c3C)sc2cc1OC. The predicted octanol–water partition coefficient (Wildman–Crippen LogP) is 3.79.